The monoisotopic (exact) mass is 421 g/mol. The Labute approximate surface area is 180 Å². The van der Waals surface area contributed by atoms with Gasteiger partial charge in [0.15, 0.2) is 0 Å². The van der Waals surface area contributed by atoms with E-state index in [1.165, 1.54) is 5.57 Å². The van der Waals surface area contributed by atoms with Gasteiger partial charge in [0.05, 0.1) is 0 Å². The maximum atomic E-state index is 13.1. The molecule has 162 valence electrons. The molecule has 0 bridgehead atoms. The second-order valence-corrected chi connectivity index (χ2v) is 8.86. The first-order chi connectivity index (χ1) is 15.0. The first-order valence-electron chi connectivity index (χ1n) is 11.0. The van der Waals surface area contributed by atoms with Crippen LogP contribution in [0.4, 0.5) is 4.79 Å². The van der Waals surface area contributed by atoms with Gasteiger partial charge in [-0.15, -0.1) is 0 Å². The lowest BCUT2D eigenvalue weighted by molar-refractivity contribution is -0.140. The number of carbonyl (C=O) groups is 3. The van der Waals surface area contributed by atoms with Crippen LogP contribution in [0.15, 0.2) is 30.6 Å². The first kappa shape index (κ1) is 19.8. The van der Waals surface area contributed by atoms with E-state index in [9.17, 15) is 14.4 Å². The van der Waals surface area contributed by atoms with Gasteiger partial charge in [-0.2, -0.15) is 0 Å². The maximum absolute atomic E-state index is 13.1. The number of H-pyrrole nitrogens is 1. The van der Waals surface area contributed by atoms with E-state index in [4.69, 9.17) is 0 Å². The molecule has 1 aliphatic carbocycles. The Morgan fingerprint density at radius 1 is 1.32 bits per heavy atom. The lowest BCUT2D eigenvalue weighted by Crippen LogP contribution is -2.54. The quantitative estimate of drug-likeness (QED) is 0.745. The molecule has 2 N–H and O–H groups in total. The summed E-state index contributed by atoms with van der Waals surface area (Å²) in [4.78, 5) is 48.9. The van der Waals surface area contributed by atoms with Crippen LogP contribution in [-0.4, -0.2) is 62.8 Å². The van der Waals surface area contributed by atoms with Crippen molar-refractivity contribution >= 4 is 34.5 Å². The minimum atomic E-state index is -0.825. The molecule has 2 atom stereocenters. The molecule has 5 rings (SSSR count). The van der Waals surface area contributed by atoms with E-state index in [0.29, 0.717) is 25.9 Å². The minimum absolute atomic E-state index is 0.0870. The van der Waals surface area contributed by atoms with Crippen LogP contribution in [0.25, 0.3) is 16.6 Å². The fourth-order valence-electron chi connectivity index (χ4n) is 5.24. The zero-order valence-electron chi connectivity index (χ0n) is 17.7. The summed E-state index contributed by atoms with van der Waals surface area (Å²) < 4.78 is 0. The summed E-state index contributed by atoms with van der Waals surface area (Å²) in [6.07, 6.45) is 10.0. The van der Waals surface area contributed by atoms with E-state index < -0.39 is 11.6 Å². The summed E-state index contributed by atoms with van der Waals surface area (Å²) in [7, 11) is 0. The molecule has 0 radical (unpaired) electrons. The summed E-state index contributed by atoms with van der Waals surface area (Å²) in [5, 5.41) is 3.98. The van der Waals surface area contributed by atoms with Gasteiger partial charge in [0.25, 0.3) is 5.91 Å². The predicted octanol–water partition coefficient (Wildman–Crippen LogP) is 2.68. The molecule has 2 aromatic heterocycles. The minimum Gasteiger partial charge on any atom is -0.346 e. The summed E-state index contributed by atoms with van der Waals surface area (Å²) in [6.45, 7) is 2.84. The highest BCUT2D eigenvalue weighted by Gasteiger charge is 2.55. The number of pyridine rings is 1. The smallest absolute Gasteiger partial charge is 0.325 e. The van der Waals surface area contributed by atoms with Crippen LogP contribution in [-0.2, 0) is 9.59 Å². The van der Waals surface area contributed by atoms with E-state index in [-0.39, 0.29) is 24.3 Å². The highest BCUT2D eigenvalue weighted by molar-refractivity contribution is 6.09. The first-order valence-corrected chi connectivity index (χ1v) is 11.0. The molecule has 1 spiro atoms. The third-order valence-electron chi connectivity index (χ3n) is 7.15. The number of amides is 4. The standard InChI is InChI=1S/C23H27N5O3/c1-15-5-2-3-9-23(15)21(30)28(22(31)26-23)14-19(29)27-11-7-16(8-12-27)18-13-25-20-17(18)6-4-10-24-20/h4,6-7,10,13,15H,2-3,5,8-9,11-12,14H2,1H3,(H,24,25)(H,26,31). The van der Waals surface area contributed by atoms with E-state index in [1.807, 2.05) is 31.3 Å². The number of fused-ring (bicyclic) bond motifs is 1. The summed E-state index contributed by atoms with van der Waals surface area (Å²) in [6, 6.07) is 3.51. The van der Waals surface area contributed by atoms with Crippen LogP contribution in [0.1, 0.15) is 44.6 Å². The molecule has 2 aromatic rings. The van der Waals surface area contributed by atoms with E-state index in [2.05, 4.69) is 15.3 Å². The number of carbonyl (C=O) groups excluding carboxylic acids is 3. The molecule has 1 saturated carbocycles. The molecule has 8 nitrogen and oxygen atoms in total. The number of urea groups is 1. The normalized spacial score (nSPS) is 26.5. The number of nitrogens with one attached hydrogen (secondary N) is 2. The summed E-state index contributed by atoms with van der Waals surface area (Å²) >= 11 is 0. The van der Waals surface area contributed by atoms with Crippen molar-refractivity contribution in [3.63, 3.8) is 0 Å². The Hall–Kier alpha value is -3.16. The molecule has 2 aliphatic heterocycles. The molecule has 4 amide bonds. The number of hydrogen-bond donors (Lipinski definition) is 2. The topological polar surface area (TPSA) is 98.4 Å². The summed E-state index contributed by atoms with van der Waals surface area (Å²) in [5.41, 5.74) is 2.31. The Balaban J connectivity index is 1.27. The highest BCUT2D eigenvalue weighted by atomic mass is 16.2. The average Bonchev–Trinajstić information content (AvgIpc) is 3.31. The number of hydrogen-bond acceptors (Lipinski definition) is 4. The second-order valence-electron chi connectivity index (χ2n) is 8.86. The number of imide groups is 1. The number of rotatable bonds is 3. The van der Waals surface area contributed by atoms with Crippen molar-refractivity contribution in [2.75, 3.05) is 19.6 Å². The van der Waals surface area contributed by atoms with Gasteiger partial charge in [-0.1, -0.05) is 25.8 Å². The van der Waals surface area contributed by atoms with Crippen LogP contribution in [0.3, 0.4) is 0 Å². The number of aromatic nitrogens is 2. The van der Waals surface area contributed by atoms with Gasteiger partial charge < -0.3 is 15.2 Å². The van der Waals surface area contributed by atoms with Crippen molar-refractivity contribution in [2.45, 2.75) is 44.6 Å². The summed E-state index contributed by atoms with van der Waals surface area (Å²) in [5.74, 6) is -0.346. The second kappa shape index (κ2) is 7.51. The lowest BCUT2D eigenvalue weighted by Gasteiger charge is -2.37. The zero-order chi connectivity index (χ0) is 21.6. The van der Waals surface area contributed by atoms with Crippen molar-refractivity contribution in [1.29, 1.82) is 0 Å². The van der Waals surface area contributed by atoms with Crippen LogP contribution in [0.2, 0.25) is 0 Å². The van der Waals surface area contributed by atoms with Gasteiger partial charge in [-0.05, 0) is 42.9 Å². The van der Waals surface area contributed by atoms with E-state index in [0.717, 1.165) is 40.8 Å². The van der Waals surface area contributed by atoms with Crippen LogP contribution >= 0.6 is 0 Å². The Kier molecular flexibility index (Phi) is 4.79. The van der Waals surface area contributed by atoms with Gasteiger partial charge in [-0.3, -0.25) is 14.5 Å². The van der Waals surface area contributed by atoms with Gasteiger partial charge in [-0.25, -0.2) is 9.78 Å². The van der Waals surface area contributed by atoms with Crippen molar-refractivity contribution in [3.8, 4) is 0 Å². The average molecular weight is 422 g/mol. The van der Waals surface area contributed by atoms with Crippen molar-refractivity contribution in [1.82, 2.24) is 25.1 Å². The van der Waals surface area contributed by atoms with E-state index in [1.54, 1.807) is 11.1 Å². The number of aromatic amines is 1. The van der Waals surface area contributed by atoms with E-state index >= 15 is 0 Å². The Bertz CT molecular complexity index is 1090. The van der Waals surface area contributed by atoms with Crippen molar-refractivity contribution in [2.24, 2.45) is 5.92 Å². The number of nitrogens with zero attached hydrogens (tertiary/aromatic N) is 3. The van der Waals surface area contributed by atoms with Gasteiger partial charge in [0.1, 0.15) is 17.7 Å². The Morgan fingerprint density at radius 3 is 2.97 bits per heavy atom. The molecular weight excluding hydrogens is 394 g/mol. The van der Waals surface area contributed by atoms with Crippen LogP contribution in [0.5, 0.6) is 0 Å². The molecule has 2 unspecified atom stereocenters. The third kappa shape index (κ3) is 3.21. The van der Waals surface area contributed by atoms with Gasteiger partial charge in [0.2, 0.25) is 5.91 Å². The fourth-order valence-corrected chi connectivity index (χ4v) is 5.24. The molecule has 31 heavy (non-hydrogen) atoms. The van der Waals surface area contributed by atoms with Crippen molar-refractivity contribution in [3.05, 3.63) is 36.2 Å². The molecule has 0 aromatic carbocycles. The van der Waals surface area contributed by atoms with Gasteiger partial charge >= 0.3 is 6.03 Å². The zero-order valence-corrected chi connectivity index (χ0v) is 17.7. The Morgan fingerprint density at radius 2 is 2.19 bits per heavy atom. The van der Waals surface area contributed by atoms with Crippen molar-refractivity contribution < 1.29 is 14.4 Å². The maximum Gasteiger partial charge on any atom is 0.325 e. The molecule has 3 aliphatic rings. The lowest BCUT2D eigenvalue weighted by atomic mass is 9.73. The predicted molar refractivity (Wildman–Crippen MR) is 116 cm³/mol. The third-order valence-corrected chi connectivity index (χ3v) is 7.15. The highest BCUT2D eigenvalue weighted by Crippen LogP contribution is 2.38. The largest absolute Gasteiger partial charge is 0.346 e. The fraction of sp³-hybridized carbons (Fsp3) is 0.478. The molecular formula is C23H27N5O3. The van der Waals surface area contributed by atoms with Gasteiger partial charge in [0, 0.05) is 36.4 Å². The SMILES string of the molecule is CC1CCCCC12NC(=O)N(CC(=O)N1CC=C(c3c[nH]c4ncccc34)CC1)C2=O. The molecule has 8 heteroatoms. The van der Waals surface area contributed by atoms with Crippen LogP contribution < -0.4 is 5.32 Å². The molecule has 2 fully saturated rings. The molecule has 4 heterocycles. The van der Waals surface area contributed by atoms with Crippen LogP contribution in [0, 0.1) is 5.92 Å². The molecule has 1 saturated heterocycles.